The van der Waals surface area contributed by atoms with Crippen molar-refractivity contribution in [2.45, 2.75) is 52.2 Å². The largest absolute Gasteiger partial charge is 0.494 e. The molecule has 1 N–H and O–H groups in total. The van der Waals surface area contributed by atoms with Gasteiger partial charge in [0.1, 0.15) is 0 Å². The van der Waals surface area contributed by atoms with E-state index in [1.165, 1.54) is 7.11 Å². The number of hydrogen-bond acceptors (Lipinski definition) is 3. The van der Waals surface area contributed by atoms with Crippen LogP contribution >= 0.6 is 0 Å². The van der Waals surface area contributed by atoms with Crippen LogP contribution in [0.5, 0.6) is 5.75 Å². The monoisotopic (exact) mass is 297 g/mol. The van der Waals surface area contributed by atoms with Crippen LogP contribution in [0.1, 0.15) is 52.1 Å². The quantitative estimate of drug-likeness (QED) is 0.745. The Bertz CT molecular complexity index is 433. The van der Waals surface area contributed by atoms with Crippen LogP contribution in [0.4, 0.5) is 4.39 Å². The van der Waals surface area contributed by atoms with Crippen molar-refractivity contribution in [3.8, 4) is 5.75 Å². The molecule has 0 radical (unpaired) electrons. The zero-order chi connectivity index (χ0) is 15.9. The number of methoxy groups -OCH3 is 1. The normalized spacial score (nSPS) is 13.2. The van der Waals surface area contributed by atoms with E-state index in [1.807, 2.05) is 13.0 Å². The standard InChI is InChI=1S/C17H28FNO2/c1-6-17(7-2,21-9-4)16(19-8-3)13-10-11-15(20-5)14(18)12-13/h10-12,16,19H,6-9H2,1-5H3. The zero-order valence-electron chi connectivity index (χ0n) is 13.8. The van der Waals surface area contributed by atoms with Crippen LogP contribution in [0.3, 0.4) is 0 Å². The lowest BCUT2D eigenvalue weighted by Gasteiger charge is -2.40. The van der Waals surface area contributed by atoms with Crippen LogP contribution in [0.2, 0.25) is 0 Å². The summed E-state index contributed by atoms with van der Waals surface area (Å²) in [6, 6.07) is 5.09. The van der Waals surface area contributed by atoms with E-state index < -0.39 is 0 Å². The van der Waals surface area contributed by atoms with Gasteiger partial charge in [0.05, 0.1) is 18.8 Å². The fourth-order valence-corrected chi connectivity index (χ4v) is 2.91. The highest BCUT2D eigenvalue weighted by Crippen LogP contribution is 2.36. The summed E-state index contributed by atoms with van der Waals surface area (Å²) >= 11 is 0. The Labute approximate surface area is 127 Å². The number of ether oxygens (including phenoxy) is 2. The maximum atomic E-state index is 14.0. The highest BCUT2D eigenvalue weighted by Gasteiger charge is 2.37. The lowest BCUT2D eigenvalue weighted by atomic mass is 9.83. The Morgan fingerprint density at radius 2 is 1.86 bits per heavy atom. The molecule has 1 rings (SSSR count). The third-order valence-corrected chi connectivity index (χ3v) is 4.07. The van der Waals surface area contributed by atoms with Gasteiger partial charge in [-0.3, -0.25) is 0 Å². The summed E-state index contributed by atoms with van der Waals surface area (Å²) in [5.41, 5.74) is 0.568. The first-order valence-corrected chi connectivity index (χ1v) is 7.79. The van der Waals surface area contributed by atoms with E-state index in [2.05, 4.69) is 26.1 Å². The van der Waals surface area contributed by atoms with Gasteiger partial charge in [0.2, 0.25) is 0 Å². The molecule has 1 aromatic rings. The lowest BCUT2D eigenvalue weighted by molar-refractivity contribution is -0.0730. The van der Waals surface area contributed by atoms with Crippen molar-refractivity contribution in [1.82, 2.24) is 5.32 Å². The molecule has 0 aliphatic carbocycles. The lowest BCUT2D eigenvalue weighted by Crippen LogP contribution is -2.45. The number of likely N-dealkylation sites (N-methyl/N-ethyl adjacent to an activating group) is 1. The molecule has 0 saturated heterocycles. The van der Waals surface area contributed by atoms with E-state index in [0.717, 1.165) is 24.9 Å². The molecule has 1 atom stereocenters. The van der Waals surface area contributed by atoms with E-state index in [0.29, 0.717) is 6.61 Å². The second-order valence-corrected chi connectivity index (χ2v) is 5.09. The summed E-state index contributed by atoms with van der Waals surface area (Å²) in [7, 11) is 1.47. The number of benzene rings is 1. The Morgan fingerprint density at radius 1 is 1.19 bits per heavy atom. The minimum Gasteiger partial charge on any atom is -0.494 e. The second kappa shape index (κ2) is 8.35. The highest BCUT2D eigenvalue weighted by atomic mass is 19.1. The maximum absolute atomic E-state index is 14.0. The average Bonchev–Trinajstić information content (AvgIpc) is 2.50. The molecule has 21 heavy (non-hydrogen) atoms. The summed E-state index contributed by atoms with van der Waals surface area (Å²) in [5, 5.41) is 3.46. The van der Waals surface area contributed by atoms with E-state index in [9.17, 15) is 4.39 Å². The molecule has 0 fully saturated rings. The summed E-state index contributed by atoms with van der Waals surface area (Å²) in [4.78, 5) is 0. The minimum absolute atomic E-state index is 0.0437. The predicted octanol–water partition coefficient (Wildman–Crippen LogP) is 4.08. The van der Waals surface area contributed by atoms with E-state index in [1.54, 1.807) is 12.1 Å². The van der Waals surface area contributed by atoms with Gasteiger partial charge in [-0.2, -0.15) is 0 Å². The molecule has 0 aromatic heterocycles. The molecule has 3 nitrogen and oxygen atoms in total. The third kappa shape index (κ3) is 3.95. The van der Waals surface area contributed by atoms with E-state index in [4.69, 9.17) is 9.47 Å². The summed E-state index contributed by atoms with van der Waals surface area (Å²) in [5.74, 6) is -0.0699. The molecule has 1 aromatic carbocycles. The molecule has 0 spiro atoms. The van der Waals surface area contributed by atoms with Gasteiger partial charge in [-0.25, -0.2) is 4.39 Å². The summed E-state index contributed by atoms with van der Waals surface area (Å²) in [6.45, 7) is 9.72. The molecule has 0 aliphatic heterocycles. The smallest absolute Gasteiger partial charge is 0.165 e. The topological polar surface area (TPSA) is 30.5 Å². The Hall–Kier alpha value is -1.13. The van der Waals surface area contributed by atoms with E-state index in [-0.39, 0.29) is 23.2 Å². The fraction of sp³-hybridized carbons (Fsp3) is 0.647. The van der Waals surface area contributed by atoms with Gasteiger partial charge in [0.15, 0.2) is 11.6 Å². The molecule has 0 aliphatic rings. The molecule has 0 amide bonds. The number of hydrogen-bond donors (Lipinski definition) is 1. The van der Waals surface area contributed by atoms with Crippen molar-refractivity contribution >= 4 is 0 Å². The van der Waals surface area contributed by atoms with Crippen LogP contribution in [0.25, 0.3) is 0 Å². The van der Waals surface area contributed by atoms with Crippen molar-refractivity contribution in [2.75, 3.05) is 20.3 Å². The van der Waals surface area contributed by atoms with Gasteiger partial charge in [0, 0.05) is 6.61 Å². The Kier molecular flexibility index (Phi) is 7.12. The van der Waals surface area contributed by atoms with Gasteiger partial charge < -0.3 is 14.8 Å². The number of halogens is 1. The second-order valence-electron chi connectivity index (χ2n) is 5.09. The van der Waals surface area contributed by atoms with Crippen molar-refractivity contribution in [3.05, 3.63) is 29.6 Å². The van der Waals surface area contributed by atoms with Crippen molar-refractivity contribution in [2.24, 2.45) is 0 Å². The van der Waals surface area contributed by atoms with Gasteiger partial charge in [-0.05, 0) is 44.0 Å². The van der Waals surface area contributed by atoms with Crippen molar-refractivity contribution < 1.29 is 13.9 Å². The molecule has 0 heterocycles. The third-order valence-electron chi connectivity index (χ3n) is 4.07. The van der Waals surface area contributed by atoms with E-state index >= 15 is 0 Å². The molecular formula is C17H28FNO2. The van der Waals surface area contributed by atoms with Crippen LogP contribution in [-0.4, -0.2) is 25.9 Å². The first kappa shape index (κ1) is 17.9. The molecule has 120 valence electrons. The molecule has 1 unspecified atom stereocenters. The molecule has 0 saturated carbocycles. The minimum atomic E-state index is -0.337. The average molecular weight is 297 g/mol. The fourth-order valence-electron chi connectivity index (χ4n) is 2.91. The Balaban J connectivity index is 3.23. The van der Waals surface area contributed by atoms with Crippen LogP contribution < -0.4 is 10.1 Å². The van der Waals surface area contributed by atoms with Crippen LogP contribution in [0.15, 0.2) is 18.2 Å². The van der Waals surface area contributed by atoms with Gasteiger partial charge >= 0.3 is 0 Å². The SMILES string of the molecule is CCNC(c1ccc(OC)c(F)c1)C(CC)(CC)OCC. The van der Waals surface area contributed by atoms with Gasteiger partial charge in [-0.15, -0.1) is 0 Å². The first-order chi connectivity index (χ1) is 10.1. The highest BCUT2D eigenvalue weighted by molar-refractivity contribution is 5.32. The maximum Gasteiger partial charge on any atom is 0.165 e. The molecular weight excluding hydrogens is 269 g/mol. The van der Waals surface area contributed by atoms with Crippen molar-refractivity contribution in [1.29, 1.82) is 0 Å². The number of rotatable bonds is 9. The zero-order valence-corrected chi connectivity index (χ0v) is 13.8. The first-order valence-electron chi connectivity index (χ1n) is 7.79. The van der Waals surface area contributed by atoms with Gasteiger partial charge in [0.25, 0.3) is 0 Å². The summed E-state index contributed by atoms with van der Waals surface area (Å²) in [6.07, 6.45) is 1.73. The van der Waals surface area contributed by atoms with Crippen LogP contribution in [-0.2, 0) is 4.74 Å². The van der Waals surface area contributed by atoms with Crippen molar-refractivity contribution in [3.63, 3.8) is 0 Å². The number of nitrogens with one attached hydrogen (secondary N) is 1. The molecule has 4 heteroatoms. The molecule has 0 bridgehead atoms. The Morgan fingerprint density at radius 3 is 2.29 bits per heavy atom. The van der Waals surface area contributed by atoms with Crippen LogP contribution in [0, 0.1) is 5.82 Å². The predicted molar refractivity (Wildman–Crippen MR) is 84.3 cm³/mol. The van der Waals surface area contributed by atoms with Gasteiger partial charge in [-0.1, -0.05) is 26.8 Å². The summed E-state index contributed by atoms with van der Waals surface area (Å²) < 4.78 is 25.1.